The predicted octanol–water partition coefficient (Wildman–Crippen LogP) is 2.80. The SMILES string of the molecule is CCN(CC)Cc1ccccc1CNC1CCOC1C. The molecular formula is C17H28N2O. The predicted molar refractivity (Wildman–Crippen MR) is 83.7 cm³/mol. The number of hydrogen-bond acceptors (Lipinski definition) is 3. The number of benzene rings is 1. The molecule has 1 aromatic rings. The normalized spacial score (nSPS) is 22.6. The molecule has 0 amide bonds. The molecule has 0 radical (unpaired) electrons. The van der Waals surface area contributed by atoms with Crippen molar-refractivity contribution in [2.24, 2.45) is 0 Å². The van der Waals surface area contributed by atoms with Gasteiger partial charge in [0.1, 0.15) is 0 Å². The molecule has 1 N–H and O–H groups in total. The lowest BCUT2D eigenvalue weighted by Gasteiger charge is -2.21. The van der Waals surface area contributed by atoms with Gasteiger partial charge in [-0.25, -0.2) is 0 Å². The molecule has 3 nitrogen and oxygen atoms in total. The molecule has 0 aliphatic carbocycles. The summed E-state index contributed by atoms with van der Waals surface area (Å²) in [5.41, 5.74) is 2.86. The van der Waals surface area contributed by atoms with Gasteiger partial charge in [0.05, 0.1) is 6.10 Å². The minimum atomic E-state index is 0.338. The lowest BCUT2D eigenvalue weighted by molar-refractivity contribution is 0.113. The Kier molecular flexibility index (Phi) is 6.02. The van der Waals surface area contributed by atoms with Crippen LogP contribution in [0.3, 0.4) is 0 Å². The Hall–Kier alpha value is -0.900. The smallest absolute Gasteiger partial charge is 0.0700 e. The monoisotopic (exact) mass is 276 g/mol. The van der Waals surface area contributed by atoms with E-state index >= 15 is 0 Å². The molecule has 0 saturated carbocycles. The summed E-state index contributed by atoms with van der Waals surface area (Å²) in [7, 11) is 0. The molecule has 1 heterocycles. The maximum Gasteiger partial charge on any atom is 0.0700 e. The van der Waals surface area contributed by atoms with Crippen molar-refractivity contribution in [1.29, 1.82) is 0 Å². The van der Waals surface area contributed by atoms with Crippen LogP contribution in [0.4, 0.5) is 0 Å². The third-order valence-electron chi connectivity index (χ3n) is 4.34. The molecular weight excluding hydrogens is 248 g/mol. The lowest BCUT2D eigenvalue weighted by atomic mass is 10.1. The van der Waals surface area contributed by atoms with Gasteiger partial charge in [-0.2, -0.15) is 0 Å². The number of hydrogen-bond donors (Lipinski definition) is 1. The van der Waals surface area contributed by atoms with Gasteiger partial charge in [0.15, 0.2) is 0 Å². The Labute approximate surface area is 123 Å². The van der Waals surface area contributed by atoms with Gasteiger partial charge in [-0.15, -0.1) is 0 Å². The van der Waals surface area contributed by atoms with Crippen LogP contribution in [0.1, 0.15) is 38.3 Å². The molecule has 1 saturated heterocycles. The summed E-state index contributed by atoms with van der Waals surface area (Å²) in [5.74, 6) is 0. The van der Waals surface area contributed by atoms with Crippen LogP contribution in [0.15, 0.2) is 24.3 Å². The van der Waals surface area contributed by atoms with E-state index in [2.05, 4.69) is 55.3 Å². The first-order valence-electron chi connectivity index (χ1n) is 7.88. The second kappa shape index (κ2) is 7.77. The minimum Gasteiger partial charge on any atom is -0.377 e. The van der Waals surface area contributed by atoms with Crippen LogP contribution in [0.5, 0.6) is 0 Å². The van der Waals surface area contributed by atoms with Crippen molar-refractivity contribution in [3.63, 3.8) is 0 Å². The summed E-state index contributed by atoms with van der Waals surface area (Å²) in [5, 5.41) is 3.65. The highest BCUT2D eigenvalue weighted by atomic mass is 16.5. The summed E-state index contributed by atoms with van der Waals surface area (Å²) >= 11 is 0. The highest BCUT2D eigenvalue weighted by Crippen LogP contribution is 2.16. The third-order valence-corrected chi connectivity index (χ3v) is 4.34. The van der Waals surface area contributed by atoms with Gasteiger partial charge in [-0.1, -0.05) is 38.1 Å². The van der Waals surface area contributed by atoms with Gasteiger partial charge >= 0.3 is 0 Å². The van der Waals surface area contributed by atoms with Crippen LogP contribution in [0, 0.1) is 0 Å². The molecule has 112 valence electrons. The quantitative estimate of drug-likeness (QED) is 0.829. The van der Waals surface area contributed by atoms with Crippen molar-refractivity contribution in [3.8, 4) is 0 Å². The van der Waals surface area contributed by atoms with Crippen LogP contribution in [-0.2, 0) is 17.8 Å². The van der Waals surface area contributed by atoms with E-state index in [1.54, 1.807) is 0 Å². The average Bonchev–Trinajstić information content (AvgIpc) is 2.89. The van der Waals surface area contributed by atoms with Gasteiger partial charge < -0.3 is 10.1 Å². The zero-order chi connectivity index (χ0) is 14.4. The summed E-state index contributed by atoms with van der Waals surface area (Å²) in [4.78, 5) is 2.46. The van der Waals surface area contributed by atoms with Crippen molar-refractivity contribution in [1.82, 2.24) is 10.2 Å². The number of nitrogens with one attached hydrogen (secondary N) is 1. The van der Waals surface area contributed by atoms with E-state index in [-0.39, 0.29) is 0 Å². The van der Waals surface area contributed by atoms with E-state index in [0.717, 1.165) is 39.2 Å². The molecule has 2 rings (SSSR count). The Morgan fingerprint density at radius 1 is 1.20 bits per heavy atom. The highest BCUT2D eigenvalue weighted by molar-refractivity contribution is 5.27. The molecule has 2 unspecified atom stereocenters. The van der Waals surface area contributed by atoms with Crippen molar-refractivity contribution in [3.05, 3.63) is 35.4 Å². The van der Waals surface area contributed by atoms with Crippen molar-refractivity contribution < 1.29 is 4.74 Å². The van der Waals surface area contributed by atoms with E-state index < -0.39 is 0 Å². The molecule has 2 atom stereocenters. The number of rotatable bonds is 7. The van der Waals surface area contributed by atoms with Gasteiger partial charge in [-0.05, 0) is 37.6 Å². The van der Waals surface area contributed by atoms with E-state index in [4.69, 9.17) is 4.74 Å². The summed E-state index contributed by atoms with van der Waals surface area (Å²) in [6, 6.07) is 9.27. The summed E-state index contributed by atoms with van der Waals surface area (Å²) < 4.78 is 5.61. The summed E-state index contributed by atoms with van der Waals surface area (Å²) in [6.07, 6.45) is 1.46. The largest absolute Gasteiger partial charge is 0.377 e. The molecule has 0 aromatic heterocycles. The van der Waals surface area contributed by atoms with Gasteiger partial charge in [0.2, 0.25) is 0 Å². The molecule has 1 fully saturated rings. The highest BCUT2D eigenvalue weighted by Gasteiger charge is 2.23. The zero-order valence-electron chi connectivity index (χ0n) is 13.1. The van der Waals surface area contributed by atoms with E-state index in [0.29, 0.717) is 12.1 Å². The van der Waals surface area contributed by atoms with Crippen molar-refractivity contribution in [2.45, 2.75) is 52.4 Å². The fraction of sp³-hybridized carbons (Fsp3) is 0.647. The first-order chi connectivity index (χ1) is 9.74. The number of ether oxygens (including phenoxy) is 1. The van der Waals surface area contributed by atoms with Crippen LogP contribution in [0.25, 0.3) is 0 Å². The van der Waals surface area contributed by atoms with E-state index in [1.807, 2.05) is 0 Å². The molecule has 0 bridgehead atoms. The molecule has 0 spiro atoms. The van der Waals surface area contributed by atoms with Crippen molar-refractivity contribution in [2.75, 3.05) is 19.7 Å². The van der Waals surface area contributed by atoms with Gasteiger partial charge in [0.25, 0.3) is 0 Å². The summed E-state index contributed by atoms with van der Waals surface area (Å²) in [6.45, 7) is 11.7. The second-order valence-electron chi connectivity index (χ2n) is 5.58. The molecule has 3 heteroatoms. The minimum absolute atomic E-state index is 0.338. The van der Waals surface area contributed by atoms with E-state index in [9.17, 15) is 0 Å². The topological polar surface area (TPSA) is 24.5 Å². The number of nitrogens with zero attached hydrogens (tertiary/aromatic N) is 1. The van der Waals surface area contributed by atoms with Gasteiger partial charge in [0, 0.05) is 25.7 Å². The Morgan fingerprint density at radius 2 is 1.90 bits per heavy atom. The zero-order valence-corrected chi connectivity index (χ0v) is 13.1. The second-order valence-corrected chi connectivity index (χ2v) is 5.58. The van der Waals surface area contributed by atoms with E-state index in [1.165, 1.54) is 11.1 Å². The first kappa shape index (κ1) is 15.5. The lowest BCUT2D eigenvalue weighted by Crippen LogP contribution is -2.34. The maximum absolute atomic E-state index is 5.61. The van der Waals surface area contributed by atoms with Crippen LogP contribution >= 0.6 is 0 Å². The van der Waals surface area contributed by atoms with Crippen LogP contribution < -0.4 is 5.32 Å². The fourth-order valence-electron chi connectivity index (χ4n) is 2.81. The Morgan fingerprint density at radius 3 is 2.50 bits per heavy atom. The fourth-order valence-corrected chi connectivity index (χ4v) is 2.81. The third kappa shape index (κ3) is 4.05. The van der Waals surface area contributed by atoms with Gasteiger partial charge in [-0.3, -0.25) is 4.90 Å². The molecule has 1 aliphatic rings. The molecule has 1 aliphatic heterocycles. The average molecular weight is 276 g/mol. The van der Waals surface area contributed by atoms with Crippen molar-refractivity contribution >= 4 is 0 Å². The van der Waals surface area contributed by atoms with Crippen LogP contribution in [-0.4, -0.2) is 36.7 Å². The maximum atomic E-state index is 5.61. The Bertz CT molecular complexity index is 404. The molecule has 1 aromatic carbocycles. The van der Waals surface area contributed by atoms with Crippen LogP contribution in [0.2, 0.25) is 0 Å². The first-order valence-corrected chi connectivity index (χ1v) is 7.88. The Balaban J connectivity index is 1.96. The standard InChI is InChI=1S/C17H28N2O/c1-4-19(5-2)13-16-9-7-6-8-15(16)12-18-17-10-11-20-14(17)3/h6-9,14,17-18H,4-5,10-13H2,1-3H3. The molecule has 20 heavy (non-hydrogen) atoms.